The predicted octanol–water partition coefficient (Wildman–Crippen LogP) is 1.57. The van der Waals surface area contributed by atoms with Crippen LogP contribution in [0.15, 0.2) is 29.2 Å². The van der Waals surface area contributed by atoms with Gasteiger partial charge in [-0.15, -0.1) is 11.8 Å². The molecule has 0 radical (unpaired) electrons. The van der Waals surface area contributed by atoms with Crippen molar-refractivity contribution in [1.29, 1.82) is 0 Å². The molecule has 0 aliphatic heterocycles. The van der Waals surface area contributed by atoms with Crippen LogP contribution in [0.4, 0.5) is 0 Å². The Labute approximate surface area is 98.3 Å². The number of amides is 1. The molecule has 1 N–H and O–H groups in total. The van der Waals surface area contributed by atoms with E-state index in [2.05, 4.69) is 0 Å². The van der Waals surface area contributed by atoms with Gasteiger partial charge in [0.15, 0.2) is 0 Å². The number of benzene rings is 1. The molecule has 0 spiro atoms. The highest BCUT2D eigenvalue weighted by Crippen LogP contribution is 2.20. The van der Waals surface area contributed by atoms with Gasteiger partial charge in [-0.05, 0) is 18.4 Å². The van der Waals surface area contributed by atoms with Crippen molar-refractivity contribution in [2.24, 2.45) is 0 Å². The first-order chi connectivity index (χ1) is 7.56. The largest absolute Gasteiger partial charge is 0.480 e. The number of nitrogens with zero attached hydrogens (tertiary/aromatic N) is 1. The van der Waals surface area contributed by atoms with Gasteiger partial charge in [-0.3, -0.25) is 9.59 Å². The maximum atomic E-state index is 11.9. The Hall–Kier alpha value is -1.49. The average molecular weight is 239 g/mol. The van der Waals surface area contributed by atoms with Crippen molar-refractivity contribution in [2.75, 3.05) is 19.8 Å². The van der Waals surface area contributed by atoms with Gasteiger partial charge in [0, 0.05) is 11.9 Å². The summed E-state index contributed by atoms with van der Waals surface area (Å²) in [6.07, 6.45) is 1.88. The van der Waals surface area contributed by atoms with Crippen molar-refractivity contribution < 1.29 is 14.7 Å². The fourth-order valence-electron chi connectivity index (χ4n) is 1.30. The summed E-state index contributed by atoms with van der Waals surface area (Å²) < 4.78 is 0. The van der Waals surface area contributed by atoms with Crippen molar-refractivity contribution >= 4 is 23.6 Å². The molecule has 0 atom stereocenters. The minimum Gasteiger partial charge on any atom is -0.480 e. The zero-order valence-corrected chi connectivity index (χ0v) is 9.95. The van der Waals surface area contributed by atoms with E-state index in [9.17, 15) is 9.59 Å². The quantitative estimate of drug-likeness (QED) is 0.810. The second kappa shape index (κ2) is 5.55. The first kappa shape index (κ1) is 12.6. The summed E-state index contributed by atoms with van der Waals surface area (Å²) in [4.78, 5) is 24.5. The van der Waals surface area contributed by atoms with Gasteiger partial charge in [0.2, 0.25) is 0 Å². The number of hydrogen-bond donors (Lipinski definition) is 1. The lowest BCUT2D eigenvalue weighted by Crippen LogP contribution is -2.32. The molecule has 0 bridgehead atoms. The van der Waals surface area contributed by atoms with Crippen LogP contribution in [-0.2, 0) is 4.79 Å². The fraction of sp³-hybridized carbons (Fsp3) is 0.273. The van der Waals surface area contributed by atoms with Crippen LogP contribution in [0.5, 0.6) is 0 Å². The van der Waals surface area contributed by atoms with E-state index in [1.807, 2.05) is 18.4 Å². The smallest absolute Gasteiger partial charge is 0.323 e. The standard InChI is InChI=1S/C11H13NO3S/c1-12(7-10(13)14)11(15)8-5-3-4-6-9(8)16-2/h3-6H,7H2,1-2H3,(H,13,14). The summed E-state index contributed by atoms with van der Waals surface area (Å²) in [6.45, 7) is -0.290. The Morgan fingerprint density at radius 1 is 1.38 bits per heavy atom. The Bertz CT molecular complexity index is 406. The topological polar surface area (TPSA) is 57.6 Å². The monoisotopic (exact) mass is 239 g/mol. The van der Waals surface area contributed by atoms with E-state index in [4.69, 9.17) is 5.11 Å². The van der Waals surface area contributed by atoms with Crippen molar-refractivity contribution in [1.82, 2.24) is 4.90 Å². The summed E-state index contributed by atoms with van der Waals surface area (Å²) in [5, 5.41) is 8.61. The molecule has 0 unspecified atom stereocenters. The molecule has 4 nitrogen and oxygen atoms in total. The number of hydrogen-bond acceptors (Lipinski definition) is 3. The van der Waals surface area contributed by atoms with Crippen LogP contribution in [0, 0.1) is 0 Å². The molecule has 1 rings (SSSR count). The van der Waals surface area contributed by atoms with Crippen LogP contribution in [0.3, 0.4) is 0 Å². The molecule has 0 saturated heterocycles. The lowest BCUT2D eigenvalue weighted by molar-refractivity contribution is -0.137. The van der Waals surface area contributed by atoms with Crippen molar-refractivity contribution in [2.45, 2.75) is 4.90 Å². The Morgan fingerprint density at radius 3 is 2.56 bits per heavy atom. The Morgan fingerprint density at radius 2 is 2.00 bits per heavy atom. The Balaban J connectivity index is 2.91. The van der Waals surface area contributed by atoms with Gasteiger partial charge in [0.05, 0.1) is 5.56 Å². The highest BCUT2D eigenvalue weighted by molar-refractivity contribution is 7.98. The van der Waals surface area contributed by atoms with Gasteiger partial charge in [-0.1, -0.05) is 12.1 Å². The lowest BCUT2D eigenvalue weighted by Gasteiger charge is -2.16. The van der Waals surface area contributed by atoms with E-state index in [1.165, 1.54) is 23.7 Å². The fourth-order valence-corrected chi connectivity index (χ4v) is 1.89. The lowest BCUT2D eigenvalue weighted by atomic mass is 10.2. The van der Waals surface area contributed by atoms with Gasteiger partial charge in [-0.25, -0.2) is 0 Å². The van der Waals surface area contributed by atoms with E-state index >= 15 is 0 Å². The summed E-state index contributed by atoms with van der Waals surface area (Å²) in [5.41, 5.74) is 0.541. The SMILES string of the molecule is CSc1ccccc1C(=O)N(C)CC(=O)O. The van der Waals surface area contributed by atoms with Crippen LogP contribution in [-0.4, -0.2) is 41.7 Å². The predicted molar refractivity (Wildman–Crippen MR) is 62.8 cm³/mol. The minimum absolute atomic E-state index is 0.271. The van der Waals surface area contributed by atoms with Crippen LogP contribution >= 0.6 is 11.8 Å². The third kappa shape index (κ3) is 3.00. The highest BCUT2D eigenvalue weighted by Gasteiger charge is 2.16. The summed E-state index contributed by atoms with van der Waals surface area (Å²) in [5.74, 6) is -1.29. The molecule has 1 aromatic rings. The minimum atomic E-state index is -1.02. The second-order valence-electron chi connectivity index (χ2n) is 3.26. The van der Waals surface area contributed by atoms with Gasteiger partial charge in [0.25, 0.3) is 5.91 Å². The number of rotatable bonds is 4. The van der Waals surface area contributed by atoms with E-state index < -0.39 is 5.97 Å². The number of carboxylic acid groups (broad SMARTS) is 1. The molecule has 0 aliphatic rings. The van der Waals surface area contributed by atoms with Gasteiger partial charge < -0.3 is 10.0 Å². The van der Waals surface area contributed by atoms with Crippen molar-refractivity contribution in [3.05, 3.63) is 29.8 Å². The molecule has 86 valence electrons. The zero-order valence-electron chi connectivity index (χ0n) is 9.14. The van der Waals surface area contributed by atoms with Gasteiger partial charge in [0.1, 0.15) is 6.54 Å². The van der Waals surface area contributed by atoms with E-state index in [-0.39, 0.29) is 12.5 Å². The third-order valence-electron chi connectivity index (χ3n) is 2.06. The molecule has 0 fully saturated rings. The first-order valence-corrected chi connectivity index (χ1v) is 5.89. The molecule has 0 aliphatic carbocycles. The van der Waals surface area contributed by atoms with Crippen LogP contribution in [0.25, 0.3) is 0 Å². The number of likely N-dealkylation sites (N-methyl/N-ethyl adjacent to an activating group) is 1. The summed E-state index contributed by atoms with van der Waals surface area (Å²) >= 11 is 1.47. The number of aliphatic carboxylic acids is 1. The average Bonchev–Trinajstić information content (AvgIpc) is 2.27. The van der Waals surface area contributed by atoms with Crippen molar-refractivity contribution in [3.8, 4) is 0 Å². The maximum absolute atomic E-state index is 11.9. The molecule has 0 heterocycles. The second-order valence-corrected chi connectivity index (χ2v) is 4.10. The number of thioether (sulfide) groups is 1. The van der Waals surface area contributed by atoms with Crippen LogP contribution in [0.1, 0.15) is 10.4 Å². The van der Waals surface area contributed by atoms with Gasteiger partial charge in [-0.2, -0.15) is 0 Å². The van der Waals surface area contributed by atoms with Crippen LogP contribution < -0.4 is 0 Å². The van der Waals surface area contributed by atoms with E-state index in [0.29, 0.717) is 5.56 Å². The molecule has 16 heavy (non-hydrogen) atoms. The highest BCUT2D eigenvalue weighted by atomic mass is 32.2. The summed E-state index contributed by atoms with van der Waals surface area (Å²) in [7, 11) is 1.48. The molecule has 1 aromatic carbocycles. The van der Waals surface area contributed by atoms with Gasteiger partial charge >= 0.3 is 5.97 Å². The third-order valence-corrected chi connectivity index (χ3v) is 2.85. The van der Waals surface area contributed by atoms with E-state index in [0.717, 1.165) is 4.90 Å². The molecule has 0 saturated carbocycles. The number of carbonyl (C=O) groups is 2. The van der Waals surface area contributed by atoms with E-state index in [1.54, 1.807) is 12.1 Å². The molecule has 5 heteroatoms. The van der Waals surface area contributed by atoms with Crippen LogP contribution in [0.2, 0.25) is 0 Å². The number of carboxylic acids is 1. The summed E-state index contributed by atoms with van der Waals surface area (Å²) in [6, 6.07) is 7.15. The normalized spacial score (nSPS) is 9.88. The zero-order chi connectivity index (χ0) is 12.1. The molecular formula is C11H13NO3S. The molecule has 0 aromatic heterocycles. The first-order valence-electron chi connectivity index (χ1n) is 4.66. The number of carbonyl (C=O) groups excluding carboxylic acids is 1. The molecular weight excluding hydrogens is 226 g/mol. The Kier molecular flexibility index (Phi) is 4.37. The molecule has 1 amide bonds. The maximum Gasteiger partial charge on any atom is 0.323 e. The van der Waals surface area contributed by atoms with Crippen molar-refractivity contribution in [3.63, 3.8) is 0 Å².